The number of benzene rings is 1. The van der Waals surface area contributed by atoms with Crippen LogP contribution in [0.5, 0.6) is 0 Å². The molecule has 1 aromatic carbocycles. The SMILES string of the molecule is O=C(Cc1ccccc1)Nc1ccc(C(=O)O)nc1. The van der Waals surface area contributed by atoms with Gasteiger partial charge in [0.05, 0.1) is 18.3 Å². The summed E-state index contributed by atoms with van der Waals surface area (Å²) in [7, 11) is 0. The molecule has 0 aliphatic carbocycles. The number of aromatic carboxylic acids is 1. The van der Waals surface area contributed by atoms with Gasteiger partial charge in [-0.05, 0) is 17.7 Å². The van der Waals surface area contributed by atoms with Crippen molar-refractivity contribution >= 4 is 17.6 Å². The number of carbonyl (C=O) groups excluding carboxylic acids is 1. The second-order valence-electron chi connectivity index (χ2n) is 3.95. The summed E-state index contributed by atoms with van der Waals surface area (Å²) in [5, 5.41) is 11.4. The summed E-state index contributed by atoms with van der Waals surface area (Å²) in [6, 6.07) is 12.2. The molecular weight excluding hydrogens is 244 g/mol. The minimum Gasteiger partial charge on any atom is -0.477 e. The number of nitrogens with zero attached hydrogens (tertiary/aromatic N) is 1. The fourth-order valence-corrected chi connectivity index (χ4v) is 1.58. The van der Waals surface area contributed by atoms with Crippen molar-refractivity contribution in [3.63, 3.8) is 0 Å². The molecule has 1 heterocycles. The first-order chi connectivity index (χ1) is 9.15. The molecule has 2 aromatic rings. The molecule has 0 radical (unpaired) electrons. The highest BCUT2D eigenvalue weighted by Crippen LogP contribution is 2.08. The van der Waals surface area contributed by atoms with Crippen molar-refractivity contribution in [2.45, 2.75) is 6.42 Å². The largest absolute Gasteiger partial charge is 0.477 e. The van der Waals surface area contributed by atoms with Crippen LogP contribution in [0.4, 0.5) is 5.69 Å². The summed E-state index contributed by atoms with van der Waals surface area (Å²) in [6.45, 7) is 0. The smallest absolute Gasteiger partial charge is 0.354 e. The van der Waals surface area contributed by atoms with Gasteiger partial charge in [-0.25, -0.2) is 9.78 Å². The number of rotatable bonds is 4. The van der Waals surface area contributed by atoms with Gasteiger partial charge in [-0.15, -0.1) is 0 Å². The molecule has 2 N–H and O–H groups in total. The van der Waals surface area contributed by atoms with Gasteiger partial charge in [0.25, 0.3) is 0 Å². The van der Waals surface area contributed by atoms with Crippen LogP contribution < -0.4 is 5.32 Å². The summed E-state index contributed by atoms with van der Waals surface area (Å²) >= 11 is 0. The van der Waals surface area contributed by atoms with E-state index < -0.39 is 5.97 Å². The van der Waals surface area contributed by atoms with Crippen LogP contribution in [0.25, 0.3) is 0 Å². The highest BCUT2D eigenvalue weighted by Gasteiger charge is 2.06. The summed E-state index contributed by atoms with van der Waals surface area (Å²) in [5.74, 6) is -1.27. The van der Waals surface area contributed by atoms with E-state index in [0.717, 1.165) is 5.56 Å². The zero-order valence-electron chi connectivity index (χ0n) is 10.0. The van der Waals surface area contributed by atoms with Crippen LogP contribution in [0.3, 0.4) is 0 Å². The van der Waals surface area contributed by atoms with E-state index in [1.165, 1.54) is 18.3 Å². The Balaban J connectivity index is 1.97. The summed E-state index contributed by atoms with van der Waals surface area (Å²) in [5.41, 5.74) is 1.34. The third kappa shape index (κ3) is 3.64. The van der Waals surface area contributed by atoms with E-state index in [-0.39, 0.29) is 18.0 Å². The average Bonchev–Trinajstić information content (AvgIpc) is 2.40. The van der Waals surface area contributed by atoms with Gasteiger partial charge < -0.3 is 10.4 Å². The molecule has 0 aliphatic heterocycles. The fourth-order valence-electron chi connectivity index (χ4n) is 1.58. The Bertz CT molecular complexity index is 579. The predicted octanol–water partition coefficient (Wildman–Crippen LogP) is 1.96. The normalized spacial score (nSPS) is 9.89. The molecule has 0 fully saturated rings. The summed E-state index contributed by atoms with van der Waals surface area (Å²) in [4.78, 5) is 26.1. The molecule has 96 valence electrons. The van der Waals surface area contributed by atoms with Gasteiger partial charge in [-0.1, -0.05) is 30.3 Å². The van der Waals surface area contributed by atoms with Crippen molar-refractivity contribution in [3.05, 3.63) is 59.9 Å². The zero-order valence-corrected chi connectivity index (χ0v) is 10.0. The van der Waals surface area contributed by atoms with Crippen molar-refractivity contribution in [2.75, 3.05) is 5.32 Å². The van der Waals surface area contributed by atoms with E-state index in [4.69, 9.17) is 5.11 Å². The number of anilines is 1. The van der Waals surface area contributed by atoms with Crippen LogP contribution in [0.2, 0.25) is 0 Å². The first-order valence-electron chi connectivity index (χ1n) is 5.68. The van der Waals surface area contributed by atoms with Crippen LogP contribution >= 0.6 is 0 Å². The predicted molar refractivity (Wildman–Crippen MR) is 70.0 cm³/mol. The van der Waals surface area contributed by atoms with E-state index in [0.29, 0.717) is 5.69 Å². The molecule has 19 heavy (non-hydrogen) atoms. The lowest BCUT2D eigenvalue weighted by molar-refractivity contribution is -0.115. The molecule has 0 aliphatic rings. The van der Waals surface area contributed by atoms with E-state index in [1.807, 2.05) is 30.3 Å². The first kappa shape index (κ1) is 12.8. The number of carboxylic acid groups (broad SMARTS) is 1. The topological polar surface area (TPSA) is 79.3 Å². The zero-order chi connectivity index (χ0) is 13.7. The lowest BCUT2D eigenvalue weighted by atomic mass is 10.1. The van der Waals surface area contributed by atoms with Gasteiger partial charge >= 0.3 is 5.97 Å². The number of amides is 1. The summed E-state index contributed by atoms with van der Waals surface area (Å²) < 4.78 is 0. The number of carbonyl (C=O) groups is 2. The highest BCUT2D eigenvalue weighted by atomic mass is 16.4. The minimum atomic E-state index is -1.10. The van der Waals surface area contributed by atoms with Crippen molar-refractivity contribution in [2.24, 2.45) is 0 Å². The van der Waals surface area contributed by atoms with Crippen molar-refractivity contribution in [3.8, 4) is 0 Å². The van der Waals surface area contributed by atoms with Crippen LogP contribution in [0, 0.1) is 0 Å². The van der Waals surface area contributed by atoms with Gasteiger partial charge in [0, 0.05) is 0 Å². The third-order valence-corrected chi connectivity index (χ3v) is 2.47. The third-order valence-electron chi connectivity index (χ3n) is 2.47. The molecule has 1 aromatic heterocycles. The molecule has 0 saturated heterocycles. The van der Waals surface area contributed by atoms with Crippen molar-refractivity contribution in [1.29, 1.82) is 0 Å². The van der Waals surface area contributed by atoms with Crippen molar-refractivity contribution in [1.82, 2.24) is 4.98 Å². The molecule has 0 atom stereocenters. The van der Waals surface area contributed by atoms with Gasteiger partial charge in [0.1, 0.15) is 5.69 Å². The number of hydrogen-bond donors (Lipinski definition) is 2. The average molecular weight is 256 g/mol. The molecular formula is C14H12N2O3. The molecule has 5 heteroatoms. The Morgan fingerprint density at radius 1 is 1.11 bits per heavy atom. The monoisotopic (exact) mass is 256 g/mol. The maximum absolute atomic E-state index is 11.7. The lowest BCUT2D eigenvalue weighted by Crippen LogP contribution is -2.14. The standard InChI is InChI=1S/C14H12N2O3/c17-13(8-10-4-2-1-3-5-10)16-11-6-7-12(14(18)19)15-9-11/h1-7,9H,8H2,(H,16,17)(H,18,19). The second kappa shape index (κ2) is 5.77. The second-order valence-corrected chi connectivity index (χ2v) is 3.95. The van der Waals surface area contributed by atoms with Gasteiger partial charge in [0.2, 0.25) is 5.91 Å². The number of carboxylic acids is 1. The Morgan fingerprint density at radius 2 is 1.84 bits per heavy atom. The van der Waals surface area contributed by atoms with Crippen LogP contribution in [-0.4, -0.2) is 22.0 Å². The molecule has 2 rings (SSSR count). The van der Waals surface area contributed by atoms with E-state index in [9.17, 15) is 9.59 Å². The van der Waals surface area contributed by atoms with Crippen LogP contribution in [0.15, 0.2) is 48.7 Å². The minimum absolute atomic E-state index is 0.0546. The Hall–Kier alpha value is -2.69. The Kier molecular flexibility index (Phi) is 3.87. The Morgan fingerprint density at radius 3 is 2.42 bits per heavy atom. The molecule has 0 saturated carbocycles. The molecule has 0 unspecified atom stereocenters. The number of nitrogens with one attached hydrogen (secondary N) is 1. The van der Waals surface area contributed by atoms with Crippen LogP contribution in [-0.2, 0) is 11.2 Å². The molecule has 1 amide bonds. The quantitative estimate of drug-likeness (QED) is 0.876. The number of hydrogen-bond acceptors (Lipinski definition) is 3. The first-order valence-corrected chi connectivity index (χ1v) is 5.68. The number of aromatic nitrogens is 1. The van der Waals surface area contributed by atoms with Crippen LogP contribution in [0.1, 0.15) is 16.1 Å². The molecule has 0 spiro atoms. The van der Waals surface area contributed by atoms with E-state index >= 15 is 0 Å². The van der Waals surface area contributed by atoms with Gasteiger partial charge in [-0.3, -0.25) is 4.79 Å². The highest BCUT2D eigenvalue weighted by molar-refractivity contribution is 5.92. The van der Waals surface area contributed by atoms with E-state index in [1.54, 1.807) is 0 Å². The fraction of sp³-hybridized carbons (Fsp3) is 0.0714. The molecule has 5 nitrogen and oxygen atoms in total. The maximum Gasteiger partial charge on any atom is 0.354 e. The molecule has 0 bridgehead atoms. The van der Waals surface area contributed by atoms with E-state index in [2.05, 4.69) is 10.3 Å². The maximum atomic E-state index is 11.7. The lowest BCUT2D eigenvalue weighted by Gasteiger charge is -2.05. The van der Waals surface area contributed by atoms with Gasteiger partial charge in [0.15, 0.2) is 0 Å². The number of pyridine rings is 1. The summed E-state index contributed by atoms with van der Waals surface area (Å²) in [6.07, 6.45) is 1.59. The van der Waals surface area contributed by atoms with Crippen molar-refractivity contribution < 1.29 is 14.7 Å². The van der Waals surface area contributed by atoms with Gasteiger partial charge in [-0.2, -0.15) is 0 Å². The Labute approximate surface area is 109 Å².